The third-order valence-electron chi connectivity index (χ3n) is 4.36. The molecule has 1 aliphatic heterocycles. The highest BCUT2D eigenvalue weighted by atomic mass is 32.2. The van der Waals surface area contributed by atoms with Crippen molar-refractivity contribution in [1.82, 2.24) is 9.88 Å². The van der Waals surface area contributed by atoms with Gasteiger partial charge in [-0.05, 0) is 48.7 Å². The first-order valence-electron chi connectivity index (χ1n) is 8.25. The van der Waals surface area contributed by atoms with Crippen molar-refractivity contribution in [1.29, 1.82) is 0 Å². The molecule has 0 spiro atoms. The van der Waals surface area contributed by atoms with Crippen LogP contribution in [0.1, 0.15) is 22.5 Å². The van der Waals surface area contributed by atoms with E-state index in [1.54, 1.807) is 34.1 Å². The number of benzene rings is 1. The zero-order chi connectivity index (χ0) is 18.1. The summed E-state index contributed by atoms with van der Waals surface area (Å²) in [6.07, 6.45) is 3.54. The lowest BCUT2D eigenvalue weighted by molar-refractivity contribution is -0.119. The molecule has 2 aromatic heterocycles. The summed E-state index contributed by atoms with van der Waals surface area (Å²) >= 11 is 4.64. The van der Waals surface area contributed by atoms with Gasteiger partial charge in [0.1, 0.15) is 6.04 Å². The Morgan fingerprint density at radius 1 is 1.35 bits per heavy atom. The fourth-order valence-corrected chi connectivity index (χ4v) is 5.33. The highest BCUT2D eigenvalue weighted by Crippen LogP contribution is 2.30. The van der Waals surface area contributed by atoms with E-state index in [9.17, 15) is 9.59 Å². The number of hydrogen-bond acceptors (Lipinski definition) is 6. The second-order valence-corrected chi connectivity index (χ2v) is 9.02. The van der Waals surface area contributed by atoms with Crippen molar-refractivity contribution in [2.45, 2.75) is 23.2 Å². The number of thiophene rings is 1. The van der Waals surface area contributed by atoms with Crippen LogP contribution in [-0.2, 0) is 4.79 Å². The van der Waals surface area contributed by atoms with Crippen LogP contribution < -0.4 is 5.32 Å². The summed E-state index contributed by atoms with van der Waals surface area (Å²) in [6.45, 7) is 0.625. The standard InChI is InChI=1S/C18H17N3O2S3/c1-24-18-20-12-7-6-11(10-15(12)26-18)19-16(22)13-4-2-8-21(13)17(23)14-5-3-9-25-14/h3,5-7,9-10,13H,2,4,8H2,1H3,(H,19,22). The highest BCUT2D eigenvalue weighted by molar-refractivity contribution is 8.00. The van der Waals surface area contributed by atoms with Crippen molar-refractivity contribution in [3.8, 4) is 0 Å². The smallest absolute Gasteiger partial charge is 0.264 e. The van der Waals surface area contributed by atoms with E-state index in [0.717, 1.165) is 26.7 Å². The molecule has 1 fully saturated rings. The van der Waals surface area contributed by atoms with Crippen LogP contribution in [0.4, 0.5) is 5.69 Å². The number of carbonyl (C=O) groups is 2. The number of aromatic nitrogens is 1. The van der Waals surface area contributed by atoms with Crippen LogP contribution in [0.25, 0.3) is 10.2 Å². The van der Waals surface area contributed by atoms with E-state index in [4.69, 9.17) is 0 Å². The number of fused-ring (bicyclic) bond motifs is 1. The molecule has 0 bridgehead atoms. The number of rotatable bonds is 4. The van der Waals surface area contributed by atoms with Crippen LogP contribution in [0.5, 0.6) is 0 Å². The van der Waals surface area contributed by atoms with Gasteiger partial charge in [0, 0.05) is 12.2 Å². The lowest BCUT2D eigenvalue weighted by atomic mass is 10.2. The maximum Gasteiger partial charge on any atom is 0.264 e. The Bertz CT molecular complexity index is 952. The summed E-state index contributed by atoms with van der Waals surface area (Å²) in [7, 11) is 0. The normalized spacial score (nSPS) is 17.0. The van der Waals surface area contributed by atoms with Gasteiger partial charge in [-0.1, -0.05) is 17.8 Å². The van der Waals surface area contributed by atoms with Crippen molar-refractivity contribution in [3.05, 3.63) is 40.6 Å². The van der Waals surface area contributed by atoms with Crippen LogP contribution in [0, 0.1) is 0 Å². The minimum absolute atomic E-state index is 0.0554. The molecule has 1 aromatic carbocycles. The number of hydrogen-bond donors (Lipinski definition) is 1. The first-order valence-corrected chi connectivity index (χ1v) is 11.2. The average Bonchev–Trinajstić information content (AvgIpc) is 3.39. The van der Waals surface area contributed by atoms with E-state index in [1.807, 2.05) is 35.9 Å². The second kappa shape index (κ2) is 7.38. The molecule has 2 amide bonds. The van der Waals surface area contributed by atoms with Gasteiger partial charge in [0.15, 0.2) is 4.34 Å². The quantitative estimate of drug-likeness (QED) is 0.659. The van der Waals surface area contributed by atoms with Gasteiger partial charge in [0.25, 0.3) is 5.91 Å². The van der Waals surface area contributed by atoms with Crippen molar-refractivity contribution in [2.75, 3.05) is 18.1 Å². The molecule has 1 saturated heterocycles. The Hall–Kier alpha value is -1.90. The maximum absolute atomic E-state index is 12.8. The van der Waals surface area contributed by atoms with Crippen LogP contribution in [0.3, 0.4) is 0 Å². The third-order valence-corrected chi connectivity index (χ3v) is 7.22. The fourth-order valence-electron chi connectivity index (χ4n) is 3.12. The first kappa shape index (κ1) is 17.5. The second-order valence-electron chi connectivity index (χ2n) is 5.99. The molecule has 1 N–H and O–H groups in total. The molecule has 1 atom stereocenters. The lowest BCUT2D eigenvalue weighted by Gasteiger charge is -2.23. The fraction of sp³-hybridized carbons (Fsp3) is 0.278. The molecule has 4 rings (SSSR count). The van der Waals surface area contributed by atoms with E-state index in [1.165, 1.54) is 11.3 Å². The summed E-state index contributed by atoms with van der Waals surface area (Å²) in [6, 6.07) is 8.99. The van der Waals surface area contributed by atoms with Gasteiger partial charge in [-0.2, -0.15) is 0 Å². The summed E-state index contributed by atoms with van der Waals surface area (Å²) in [4.78, 5) is 32.3. The third kappa shape index (κ3) is 3.36. The van der Waals surface area contributed by atoms with Gasteiger partial charge in [-0.3, -0.25) is 9.59 Å². The topological polar surface area (TPSA) is 62.3 Å². The Morgan fingerprint density at radius 2 is 2.23 bits per heavy atom. The summed E-state index contributed by atoms with van der Waals surface area (Å²) in [5.41, 5.74) is 1.68. The van der Waals surface area contributed by atoms with Crippen molar-refractivity contribution >= 4 is 62.2 Å². The highest BCUT2D eigenvalue weighted by Gasteiger charge is 2.34. The Balaban J connectivity index is 1.51. The molecule has 0 aliphatic carbocycles. The molecule has 8 heteroatoms. The molecule has 5 nitrogen and oxygen atoms in total. The SMILES string of the molecule is CSc1nc2ccc(NC(=O)C3CCCN3C(=O)c3cccs3)cc2s1. The molecule has 26 heavy (non-hydrogen) atoms. The van der Waals surface area contributed by atoms with Crippen LogP contribution in [0.15, 0.2) is 40.1 Å². The molecule has 1 aliphatic rings. The van der Waals surface area contributed by atoms with E-state index in [-0.39, 0.29) is 11.8 Å². The summed E-state index contributed by atoms with van der Waals surface area (Å²) in [5.74, 6) is -0.179. The Kier molecular flexibility index (Phi) is 4.97. The zero-order valence-corrected chi connectivity index (χ0v) is 16.5. The lowest BCUT2D eigenvalue weighted by Crippen LogP contribution is -2.42. The van der Waals surface area contributed by atoms with Crippen LogP contribution in [-0.4, -0.2) is 40.5 Å². The van der Waals surface area contributed by atoms with E-state index < -0.39 is 6.04 Å². The van der Waals surface area contributed by atoms with Gasteiger partial charge in [-0.15, -0.1) is 22.7 Å². The van der Waals surface area contributed by atoms with Crippen LogP contribution in [0.2, 0.25) is 0 Å². The minimum atomic E-state index is -0.413. The van der Waals surface area contributed by atoms with Crippen LogP contribution >= 0.6 is 34.4 Å². The van der Waals surface area contributed by atoms with Gasteiger partial charge in [0.2, 0.25) is 5.91 Å². The number of nitrogens with one attached hydrogen (secondary N) is 1. The summed E-state index contributed by atoms with van der Waals surface area (Å²) < 4.78 is 2.05. The molecule has 1 unspecified atom stereocenters. The van der Waals surface area contributed by atoms with E-state index in [2.05, 4.69) is 10.3 Å². The largest absolute Gasteiger partial charge is 0.326 e. The van der Waals surface area contributed by atoms with Crippen molar-refractivity contribution in [3.63, 3.8) is 0 Å². The van der Waals surface area contributed by atoms with Gasteiger partial charge in [-0.25, -0.2) is 4.98 Å². The molecule has 0 radical (unpaired) electrons. The molecule has 134 valence electrons. The van der Waals surface area contributed by atoms with E-state index in [0.29, 0.717) is 17.8 Å². The predicted molar refractivity (Wildman–Crippen MR) is 108 cm³/mol. The average molecular weight is 404 g/mol. The van der Waals surface area contributed by atoms with Gasteiger partial charge in [0.05, 0.1) is 15.1 Å². The zero-order valence-electron chi connectivity index (χ0n) is 14.1. The molecular weight excluding hydrogens is 386 g/mol. The molecule has 3 aromatic rings. The number of carbonyl (C=O) groups excluding carboxylic acids is 2. The van der Waals surface area contributed by atoms with Crippen molar-refractivity contribution in [2.24, 2.45) is 0 Å². The number of thioether (sulfide) groups is 1. The molecule has 3 heterocycles. The molecule has 0 saturated carbocycles. The van der Waals surface area contributed by atoms with Gasteiger partial charge >= 0.3 is 0 Å². The van der Waals surface area contributed by atoms with Gasteiger partial charge < -0.3 is 10.2 Å². The number of nitrogens with zero attached hydrogens (tertiary/aromatic N) is 2. The first-order chi connectivity index (χ1) is 12.7. The number of likely N-dealkylation sites (tertiary alicyclic amines) is 1. The number of amides is 2. The predicted octanol–water partition coefficient (Wildman–Crippen LogP) is 4.32. The summed E-state index contributed by atoms with van der Waals surface area (Å²) in [5, 5.41) is 4.86. The maximum atomic E-state index is 12.8. The van der Waals surface area contributed by atoms with Crippen molar-refractivity contribution < 1.29 is 9.59 Å². The number of thiazole rings is 1. The number of anilines is 1. The monoisotopic (exact) mass is 403 g/mol. The Labute approximate surface area is 163 Å². The van der Waals surface area contributed by atoms with E-state index >= 15 is 0 Å². The minimum Gasteiger partial charge on any atom is -0.326 e. The Morgan fingerprint density at radius 3 is 3.00 bits per heavy atom. The molecular formula is C18H17N3O2S3.